The molecule has 0 bridgehead atoms. The van der Waals surface area contributed by atoms with E-state index in [4.69, 9.17) is 22.1 Å². The number of hydrogen-bond acceptors (Lipinski definition) is 3. The van der Waals surface area contributed by atoms with Crippen LogP contribution >= 0.6 is 11.6 Å². The summed E-state index contributed by atoms with van der Waals surface area (Å²) in [4.78, 5) is 4.09. The SMILES string of the molecule is C=CCc1cc(N)ccc1Oc1ncccc1Cl. The first kappa shape index (κ1) is 12.5. The summed E-state index contributed by atoms with van der Waals surface area (Å²) in [5.74, 6) is 1.07. The van der Waals surface area contributed by atoms with Crippen molar-refractivity contribution in [1.29, 1.82) is 0 Å². The third-order valence-corrected chi connectivity index (χ3v) is 2.67. The van der Waals surface area contributed by atoms with Gasteiger partial charge in [0.2, 0.25) is 5.88 Å². The van der Waals surface area contributed by atoms with Crippen LogP contribution in [0.5, 0.6) is 11.6 Å². The number of benzene rings is 1. The van der Waals surface area contributed by atoms with E-state index in [9.17, 15) is 0 Å². The highest BCUT2D eigenvalue weighted by molar-refractivity contribution is 6.31. The quantitative estimate of drug-likeness (QED) is 0.671. The number of allylic oxidation sites excluding steroid dienone is 1. The molecule has 2 aromatic rings. The fourth-order valence-corrected chi connectivity index (χ4v) is 1.72. The molecule has 0 atom stereocenters. The molecular weight excluding hydrogens is 248 g/mol. The molecule has 0 saturated heterocycles. The normalized spacial score (nSPS) is 10.1. The van der Waals surface area contributed by atoms with Gasteiger partial charge in [-0.1, -0.05) is 17.7 Å². The van der Waals surface area contributed by atoms with Gasteiger partial charge in [-0.05, 0) is 36.8 Å². The summed E-state index contributed by atoms with van der Waals surface area (Å²) < 4.78 is 5.70. The van der Waals surface area contributed by atoms with Gasteiger partial charge in [0.1, 0.15) is 10.8 Å². The number of ether oxygens (including phenoxy) is 1. The first-order valence-electron chi connectivity index (χ1n) is 5.48. The highest BCUT2D eigenvalue weighted by Crippen LogP contribution is 2.30. The smallest absolute Gasteiger partial charge is 0.238 e. The van der Waals surface area contributed by atoms with Crippen molar-refractivity contribution in [3.05, 3.63) is 59.8 Å². The molecule has 2 rings (SSSR count). The van der Waals surface area contributed by atoms with Crippen LogP contribution in [-0.4, -0.2) is 4.98 Å². The van der Waals surface area contributed by atoms with Crippen LogP contribution in [0.15, 0.2) is 49.2 Å². The lowest BCUT2D eigenvalue weighted by atomic mass is 10.1. The van der Waals surface area contributed by atoms with E-state index >= 15 is 0 Å². The van der Waals surface area contributed by atoms with E-state index in [1.165, 1.54) is 0 Å². The maximum absolute atomic E-state index is 6.00. The Kier molecular flexibility index (Phi) is 3.85. The molecular formula is C14H13ClN2O. The topological polar surface area (TPSA) is 48.1 Å². The van der Waals surface area contributed by atoms with Gasteiger partial charge in [0.05, 0.1) is 0 Å². The average molecular weight is 261 g/mol. The molecule has 0 saturated carbocycles. The molecule has 0 aliphatic carbocycles. The predicted octanol–water partition coefficient (Wildman–Crippen LogP) is 3.84. The van der Waals surface area contributed by atoms with Crippen molar-refractivity contribution in [1.82, 2.24) is 4.98 Å². The van der Waals surface area contributed by atoms with Crippen molar-refractivity contribution in [2.45, 2.75) is 6.42 Å². The first-order chi connectivity index (χ1) is 8.70. The third-order valence-electron chi connectivity index (χ3n) is 2.38. The van der Waals surface area contributed by atoms with Crippen molar-refractivity contribution < 1.29 is 4.74 Å². The lowest BCUT2D eigenvalue weighted by molar-refractivity contribution is 0.459. The summed E-state index contributed by atoms with van der Waals surface area (Å²) in [6.45, 7) is 3.71. The molecule has 1 aromatic carbocycles. The van der Waals surface area contributed by atoms with Crippen molar-refractivity contribution in [3.8, 4) is 11.6 Å². The number of aromatic nitrogens is 1. The number of nitrogens with two attached hydrogens (primary N) is 1. The van der Waals surface area contributed by atoms with Gasteiger partial charge in [-0.15, -0.1) is 6.58 Å². The van der Waals surface area contributed by atoms with Gasteiger partial charge in [-0.25, -0.2) is 4.98 Å². The number of halogens is 1. The number of pyridine rings is 1. The Bertz CT molecular complexity index is 569. The van der Waals surface area contributed by atoms with E-state index in [2.05, 4.69) is 11.6 Å². The minimum atomic E-state index is 0.384. The number of nitrogen functional groups attached to an aromatic ring is 1. The molecule has 0 radical (unpaired) electrons. The van der Waals surface area contributed by atoms with Gasteiger partial charge in [0, 0.05) is 17.4 Å². The summed E-state index contributed by atoms with van der Waals surface area (Å²) in [7, 11) is 0. The van der Waals surface area contributed by atoms with Gasteiger partial charge in [-0.3, -0.25) is 0 Å². The number of nitrogens with zero attached hydrogens (tertiary/aromatic N) is 1. The molecule has 2 N–H and O–H groups in total. The second kappa shape index (κ2) is 5.56. The van der Waals surface area contributed by atoms with Crippen LogP contribution in [0.25, 0.3) is 0 Å². The molecule has 4 heteroatoms. The number of anilines is 1. The molecule has 0 amide bonds. The van der Waals surface area contributed by atoms with Crippen molar-refractivity contribution >= 4 is 17.3 Å². The fourth-order valence-electron chi connectivity index (χ4n) is 1.56. The van der Waals surface area contributed by atoms with E-state index < -0.39 is 0 Å². The lowest BCUT2D eigenvalue weighted by Crippen LogP contribution is -1.95. The van der Waals surface area contributed by atoms with E-state index in [0.29, 0.717) is 28.8 Å². The Morgan fingerprint density at radius 3 is 2.94 bits per heavy atom. The molecule has 0 fully saturated rings. The van der Waals surface area contributed by atoms with E-state index in [-0.39, 0.29) is 0 Å². The Balaban J connectivity index is 2.34. The molecule has 18 heavy (non-hydrogen) atoms. The number of rotatable bonds is 4. The van der Waals surface area contributed by atoms with Gasteiger partial charge < -0.3 is 10.5 Å². The zero-order chi connectivity index (χ0) is 13.0. The Hall–Kier alpha value is -2.00. The Morgan fingerprint density at radius 2 is 2.22 bits per heavy atom. The second-order valence-corrected chi connectivity index (χ2v) is 4.16. The third kappa shape index (κ3) is 2.81. The zero-order valence-corrected chi connectivity index (χ0v) is 10.5. The molecule has 0 spiro atoms. The van der Waals surface area contributed by atoms with Crippen LogP contribution in [0.3, 0.4) is 0 Å². The molecule has 0 aliphatic heterocycles. The van der Waals surface area contributed by atoms with E-state index in [0.717, 1.165) is 5.56 Å². The zero-order valence-electron chi connectivity index (χ0n) is 9.77. The molecule has 0 aliphatic rings. The summed E-state index contributed by atoms with van der Waals surface area (Å²) in [6, 6.07) is 8.92. The van der Waals surface area contributed by atoms with Crippen LogP contribution in [0.4, 0.5) is 5.69 Å². The van der Waals surface area contributed by atoms with Gasteiger partial charge in [0.25, 0.3) is 0 Å². The molecule has 92 valence electrons. The first-order valence-corrected chi connectivity index (χ1v) is 5.86. The van der Waals surface area contributed by atoms with E-state index in [1.54, 1.807) is 36.5 Å². The van der Waals surface area contributed by atoms with Crippen molar-refractivity contribution in [2.24, 2.45) is 0 Å². The lowest BCUT2D eigenvalue weighted by Gasteiger charge is -2.10. The second-order valence-electron chi connectivity index (χ2n) is 3.75. The summed E-state index contributed by atoms with van der Waals surface area (Å²) in [6.07, 6.45) is 4.10. The maximum Gasteiger partial charge on any atom is 0.238 e. The van der Waals surface area contributed by atoms with Gasteiger partial charge in [0.15, 0.2) is 0 Å². The minimum Gasteiger partial charge on any atom is -0.437 e. The minimum absolute atomic E-state index is 0.384. The highest BCUT2D eigenvalue weighted by Gasteiger charge is 2.08. The maximum atomic E-state index is 6.00. The summed E-state index contributed by atoms with van der Waals surface area (Å²) >= 11 is 6.00. The highest BCUT2D eigenvalue weighted by atomic mass is 35.5. The molecule has 1 aromatic heterocycles. The molecule has 1 heterocycles. The van der Waals surface area contributed by atoms with Crippen LogP contribution in [0.1, 0.15) is 5.56 Å². The van der Waals surface area contributed by atoms with Crippen molar-refractivity contribution in [3.63, 3.8) is 0 Å². The standard InChI is InChI=1S/C14H13ClN2O/c1-2-4-10-9-11(16)6-7-13(10)18-14-12(15)5-3-8-17-14/h2-3,5-9H,1,4,16H2. The number of hydrogen-bond donors (Lipinski definition) is 1. The van der Waals surface area contributed by atoms with Crippen LogP contribution in [0.2, 0.25) is 5.02 Å². The van der Waals surface area contributed by atoms with E-state index in [1.807, 2.05) is 6.07 Å². The Morgan fingerprint density at radius 1 is 1.39 bits per heavy atom. The van der Waals surface area contributed by atoms with Crippen LogP contribution < -0.4 is 10.5 Å². The van der Waals surface area contributed by atoms with Crippen molar-refractivity contribution in [2.75, 3.05) is 5.73 Å². The molecule has 0 unspecified atom stereocenters. The fraction of sp³-hybridized carbons (Fsp3) is 0.0714. The summed E-state index contributed by atoms with van der Waals surface area (Å²) in [5.41, 5.74) is 7.39. The molecule has 3 nitrogen and oxygen atoms in total. The average Bonchev–Trinajstić information content (AvgIpc) is 2.35. The summed E-state index contributed by atoms with van der Waals surface area (Å²) in [5, 5.41) is 0.471. The van der Waals surface area contributed by atoms with Gasteiger partial charge in [-0.2, -0.15) is 0 Å². The van der Waals surface area contributed by atoms with Crippen LogP contribution in [-0.2, 0) is 6.42 Å². The van der Waals surface area contributed by atoms with Crippen LogP contribution in [0, 0.1) is 0 Å². The monoisotopic (exact) mass is 260 g/mol. The Labute approximate surface area is 111 Å². The predicted molar refractivity (Wildman–Crippen MR) is 74.1 cm³/mol. The van der Waals surface area contributed by atoms with Gasteiger partial charge >= 0.3 is 0 Å². The largest absolute Gasteiger partial charge is 0.437 e.